The van der Waals surface area contributed by atoms with Crippen molar-refractivity contribution in [2.75, 3.05) is 0 Å². The van der Waals surface area contributed by atoms with E-state index in [0.29, 0.717) is 11.1 Å². The first-order valence-electron chi connectivity index (χ1n) is 9.55. The minimum absolute atomic E-state index is 0.0676. The number of hydrogen-bond donors (Lipinski definition) is 3. The van der Waals surface area contributed by atoms with Gasteiger partial charge in [0.25, 0.3) is 0 Å². The summed E-state index contributed by atoms with van der Waals surface area (Å²) in [4.78, 5) is 28.0. The first-order valence-corrected chi connectivity index (χ1v) is 12.6. The third kappa shape index (κ3) is 4.95. The van der Waals surface area contributed by atoms with Gasteiger partial charge in [0.05, 0.1) is 0 Å². The number of hydrogen-bond acceptors (Lipinski definition) is 4. The molecule has 0 radical (unpaired) electrons. The van der Waals surface area contributed by atoms with Crippen LogP contribution in [-0.4, -0.2) is 14.7 Å². The van der Waals surface area contributed by atoms with Crippen molar-refractivity contribution in [2.24, 2.45) is 5.41 Å². The second-order valence-electron chi connectivity index (χ2n) is 9.64. The molecule has 30 heavy (non-hydrogen) atoms. The Morgan fingerprint density at radius 2 is 1.57 bits per heavy atom. The summed E-state index contributed by atoms with van der Waals surface area (Å²) in [6.07, 6.45) is 0.941. The molecule has 0 saturated carbocycles. The summed E-state index contributed by atoms with van der Waals surface area (Å²) in [6, 6.07) is 9.79. The molecule has 3 rings (SSSR count). The van der Waals surface area contributed by atoms with Crippen molar-refractivity contribution in [3.05, 3.63) is 52.6 Å². The molecule has 2 atom stereocenters. The highest BCUT2D eigenvalue weighted by molar-refractivity contribution is 7.60. The average molecular weight is 454 g/mol. The molecule has 0 aromatic heterocycles. The summed E-state index contributed by atoms with van der Waals surface area (Å²) in [7, 11) is -10.3. The quantitative estimate of drug-likeness (QED) is 0.497. The molecule has 2 aromatic carbocycles. The molecule has 0 bridgehead atoms. The molecule has 164 valence electrons. The molecule has 0 spiro atoms. The van der Waals surface area contributed by atoms with Crippen LogP contribution in [0.15, 0.2) is 35.9 Å². The van der Waals surface area contributed by atoms with Gasteiger partial charge in [-0.2, -0.15) is 4.31 Å². The molecule has 0 amide bonds. The Bertz CT molecular complexity index is 1120. The first-order chi connectivity index (χ1) is 13.5. The fourth-order valence-electron chi connectivity index (χ4n) is 3.68. The summed E-state index contributed by atoms with van der Waals surface area (Å²) < 4.78 is 32.9. The fraction of sp³-hybridized carbons (Fsp3) is 0.429. The lowest BCUT2D eigenvalue weighted by molar-refractivity contribution is 0.136. The van der Waals surface area contributed by atoms with Crippen molar-refractivity contribution < 1.29 is 32.6 Å². The fourth-order valence-corrected chi connectivity index (χ4v) is 5.40. The highest BCUT2D eigenvalue weighted by atomic mass is 31.3. The molecule has 1 aliphatic carbocycles. The van der Waals surface area contributed by atoms with E-state index in [2.05, 4.69) is 37.2 Å². The normalized spacial score (nSPS) is 19.5. The van der Waals surface area contributed by atoms with E-state index in [9.17, 15) is 14.0 Å². The van der Waals surface area contributed by atoms with Crippen LogP contribution in [0.1, 0.15) is 64.3 Å². The van der Waals surface area contributed by atoms with Crippen molar-refractivity contribution in [3.63, 3.8) is 0 Å². The summed E-state index contributed by atoms with van der Waals surface area (Å²) in [5.74, 6) is 0. The molecule has 2 aromatic rings. The van der Waals surface area contributed by atoms with Crippen LogP contribution in [0.5, 0.6) is 0 Å². The molecular formula is C21H28O7P2. The summed E-state index contributed by atoms with van der Waals surface area (Å²) >= 11 is 0. The van der Waals surface area contributed by atoms with Gasteiger partial charge in [-0.05, 0) is 43.9 Å². The third-order valence-electron chi connectivity index (χ3n) is 5.10. The zero-order valence-electron chi connectivity index (χ0n) is 17.9. The zero-order valence-corrected chi connectivity index (χ0v) is 19.7. The van der Waals surface area contributed by atoms with Crippen LogP contribution in [0.25, 0.3) is 16.8 Å². The Kier molecular flexibility index (Phi) is 5.75. The number of phosphoric acid groups is 2. The van der Waals surface area contributed by atoms with Crippen molar-refractivity contribution in [1.29, 1.82) is 0 Å². The van der Waals surface area contributed by atoms with E-state index >= 15 is 0 Å². The summed E-state index contributed by atoms with van der Waals surface area (Å²) in [5, 5.41) is 1.83. The highest BCUT2D eigenvalue weighted by Gasteiger charge is 2.40. The lowest BCUT2D eigenvalue weighted by Gasteiger charge is -2.35. The van der Waals surface area contributed by atoms with Gasteiger partial charge in [-0.15, -0.1) is 0 Å². The topological polar surface area (TPSA) is 113 Å². The molecule has 0 saturated heterocycles. The maximum absolute atomic E-state index is 12.4. The van der Waals surface area contributed by atoms with Gasteiger partial charge in [0.2, 0.25) is 0 Å². The van der Waals surface area contributed by atoms with Gasteiger partial charge in [-0.25, -0.2) is 9.13 Å². The summed E-state index contributed by atoms with van der Waals surface area (Å²) in [5.41, 5.74) is 2.97. The van der Waals surface area contributed by atoms with Crippen LogP contribution in [0.4, 0.5) is 0 Å². The molecule has 9 heteroatoms. The van der Waals surface area contributed by atoms with Crippen LogP contribution in [0, 0.1) is 5.41 Å². The van der Waals surface area contributed by atoms with Gasteiger partial charge in [-0.3, -0.25) is 4.52 Å². The van der Waals surface area contributed by atoms with Crippen molar-refractivity contribution in [3.8, 4) is 0 Å². The lowest BCUT2D eigenvalue weighted by Crippen LogP contribution is -2.21. The largest absolute Gasteiger partial charge is 0.482 e. The van der Waals surface area contributed by atoms with Gasteiger partial charge in [0.15, 0.2) is 0 Å². The number of phosphoric ester groups is 1. The Morgan fingerprint density at radius 1 is 0.933 bits per heavy atom. The molecule has 0 fully saturated rings. The van der Waals surface area contributed by atoms with Crippen LogP contribution in [-0.2, 0) is 23.4 Å². The molecule has 1 aliphatic rings. The SMILES string of the molecule is CC(C)(C)C1=Cc2cc(C(C)(C)C)cc3cccc(c23)C1OP(=O)(O)OP(=O)(O)O. The minimum atomic E-state index is -5.22. The van der Waals surface area contributed by atoms with E-state index in [1.54, 1.807) is 6.07 Å². The van der Waals surface area contributed by atoms with Crippen LogP contribution in [0.3, 0.4) is 0 Å². The maximum atomic E-state index is 12.4. The molecule has 3 N–H and O–H groups in total. The second-order valence-corrected chi connectivity index (χ2v) is 12.4. The molecular weight excluding hydrogens is 426 g/mol. The van der Waals surface area contributed by atoms with Crippen LogP contribution < -0.4 is 0 Å². The van der Waals surface area contributed by atoms with Gasteiger partial charge < -0.3 is 14.7 Å². The predicted octanol–water partition coefficient (Wildman–Crippen LogP) is 5.85. The molecule has 2 unspecified atom stereocenters. The predicted molar refractivity (Wildman–Crippen MR) is 117 cm³/mol. The number of benzene rings is 2. The molecule has 0 heterocycles. The zero-order chi connectivity index (χ0) is 22.7. The van der Waals surface area contributed by atoms with Gasteiger partial charge >= 0.3 is 15.6 Å². The smallest absolute Gasteiger partial charge is 0.302 e. The highest BCUT2D eigenvalue weighted by Crippen LogP contribution is 2.62. The van der Waals surface area contributed by atoms with Crippen molar-refractivity contribution in [1.82, 2.24) is 0 Å². The Morgan fingerprint density at radius 3 is 2.10 bits per heavy atom. The van der Waals surface area contributed by atoms with E-state index in [-0.39, 0.29) is 5.41 Å². The van der Waals surface area contributed by atoms with Crippen molar-refractivity contribution >= 4 is 32.5 Å². The monoisotopic (exact) mass is 454 g/mol. The maximum Gasteiger partial charge on any atom is 0.482 e. The molecule has 0 aliphatic heterocycles. The summed E-state index contributed by atoms with van der Waals surface area (Å²) in [6.45, 7) is 12.2. The van der Waals surface area contributed by atoms with E-state index in [1.807, 2.05) is 39.0 Å². The Hall–Kier alpha value is -1.30. The van der Waals surface area contributed by atoms with Crippen LogP contribution >= 0.6 is 15.6 Å². The minimum Gasteiger partial charge on any atom is -0.302 e. The average Bonchev–Trinajstić information content (AvgIpc) is 2.52. The van der Waals surface area contributed by atoms with Gasteiger partial charge in [0, 0.05) is 0 Å². The van der Waals surface area contributed by atoms with Crippen molar-refractivity contribution in [2.45, 2.75) is 53.1 Å². The second kappa shape index (κ2) is 7.39. The van der Waals surface area contributed by atoms with Crippen LogP contribution in [0.2, 0.25) is 0 Å². The van der Waals surface area contributed by atoms with Gasteiger partial charge in [0.1, 0.15) is 6.10 Å². The first kappa shape index (κ1) is 23.4. The van der Waals surface area contributed by atoms with E-state index in [0.717, 1.165) is 21.9 Å². The Labute approximate surface area is 176 Å². The van der Waals surface area contributed by atoms with E-state index in [4.69, 9.17) is 14.3 Å². The standard InChI is InChI=1S/C21H28O7P2/c1-20(2,3)15-10-13-8-7-9-16-18(13)14(11-15)12-17(21(4,5)6)19(16)27-30(25,26)28-29(22,23)24/h7-12,19H,1-6H3,(H,25,26)(H2,22,23,24). The van der Waals surface area contributed by atoms with Gasteiger partial charge in [-0.1, -0.05) is 78.0 Å². The number of rotatable bonds is 4. The lowest BCUT2D eigenvalue weighted by atomic mass is 9.74. The van der Waals surface area contributed by atoms with E-state index in [1.165, 1.54) is 0 Å². The van der Waals surface area contributed by atoms with E-state index < -0.39 is 27.2 Å². The Balaban J connectivity index is 2.24. The molecule has 7 nitrogen and oxygen atoms in total. The third-order valence-corrected chi connectivity index (χ3v) is 7.25.